The minimum absolute atomic E-state index is 0.192. The first-order valence-electron chi connectivity index (χ1n) is 6.61. The van der Waals surface area contributed by atoms with Crippen LogP contribution in [0, 0.1) is 12.3 Å². The maximum absolute atomic E-state index is 5.77. The summed E-state index contributed by atoms with van der Waals surface area (Å²) in [5.74, 6) is 0.617. The highest BCUT2D eigenvalue weighted by molar-refractivity contribution is 5.25. The van der Waals surface area contributed by atoms with Gasteiger partial charge in [-0.05, 0) is 19.4 Å². The molecule has 1 aromatic rings. The van der Waals surface area contributed by atoms with E-state index in [0.29, 0.717) is 11.9 Å². The third-order valence-corrected chi connectivity index (χ3v) is 3.79. The normalized spacial score (nSPS) is 29.5. The molecule has 2 fully saturated rings. The van der Waals surface area contributed by atoms with Gasteiger partial charge in [0, 0.05) is 32.0 Å². The SMILES string of the molecule is Cc1nnc(N2CCOCC3(CCCNC3)C2)o1. The molecule has 6 nitrogen and oxygen atoms in total. The number of hydrogen-bond acceptors (Lipinski definition) is 6. The summed E-state index contributed by atoms with van der Waals surface area (Å²) in [5, 5.41) is 11.5. The van der Waals surface area contributed by atoms with Gasteiger partial charge in [0.15, 0.2) is 0 Å². The predicted octanol–water partition coefficient (Wildman–Crippen LogP) is 0.584. The van der Waals surface area contributed by atoms with Crippen LogP contribution in [0.3, 0.4) is 0 Å². The highest BCUT2D eigenvalue weighted by atomic mass is 16.5. The van der Waals surface area contributed by atoms with Gasteiger partial charge in [0.05, 0.1) is 13.2 Å². The molecule has 6 heteroatoms. The van der Waals surface area contributed by atoms with Crippen LogP contribution in [0.2, 0.25) is 0 Å². The minimum Gasteiger partial charge on any atom is -0.408 e. The number of nitrogens with one attached hydrogen (secondary N) is 1. The molecule has 1 unspecified atom stereocenters. The number of ether oxygens (including phenoxy) is 1. The van der Waals surface area contributed by atoms with Crippen molar-refractivity contribution >= 4 is 6.01 Å². The van der Waals surface area contributed by atoms with Crippen LogP contribution >= 0.6 is 0 Å². The highest BCUT2D eigenvalue weighted by Gasteiger charge is 2.37. The van der Waals surface area contributed by atoms with E-state index in [1.165, 1.54) is 12.8 Å². The number of aromatic nitrogens is 2. The van der Waals surface area contributed by atoms with Crippen molar-refractivity contribution in [1.82, 2.24) is 15.5 Å². The molecule has 3 rings (SSSR count). The summed E-state index contributed by atoms with van der Waals surface area (Å²) in [5.41, 5.74) is 0.192. The number of piperidine rings is 1. The van der Waals surface area contributed by atoms with Crippen LogP contribution in [0.15, 0.2) is 4.42 Å². The molecular formula is C12H20N4O2. The first-order chi connectivity index (χ1) is 8.77. The number of aryl methyl sites for hydroxylation is 1. The molecule has 0 amide bonds. The monoisotopic (exact) mass is 252 g/mol. The molecule has 0 saturated carbocycles. The number of anilines is 1. The zero-order chi connectivity index (χ0) is 12.4. The molecule has 1 aromatic heterocycles. The van der Waals surface area contributed by atoms with Gasteiger partial charge >= 0.3 is 6.01 Å². The Kier molecular flexibility index (Phi) is 3.22. The van der Waals surface area contributed by atoms with Gasteiger partial charge in [0.2, 0.25) is 5.89 Å². The van der Waals surface area contributed by atoms with E-state index < -0.39 is 0 Å². The summed E-state index contributed by atoms with van der Waals surface area (Å²) in [6, 6.07) is 0.628. The van der Waals surface area contributed by atoms with Crippen LogP contribution in [-0.2, 0) is 4.74 Å². The molecule has 3 heterocycles. The average Bonchev–Trinajstić information content (AvgIpc) is 2.71. The molecule has 18 heavy (non-hydrogen) atoms. The first-order valence-corrected chi connectivity index (χ1v) is 6.61. The van der Waals surface area contributed by atoms with E-state index >= 15 is 0 Å². The fourth-order valence-electron chi connectivity index (χ4n) is 2.86. The van der Waals surface area contributed by atoms with Crippen LogP contribution < -0.4 is 10.2 Å². The van der Waals surface area contributed by atoms with Crippen molar-refractivity contribution in [3.8, 4) is 0 Å². The second-order valence-corrected chi connectivity index (χ2v) is 5.36. The third kappa shape index (κ3) is 2.35. The van der Waals surface area contributed by atoms with Gasteiger partial charge in [-0.15, -0.1) is 5.10 Å². The molecule has 1 atom stereocenters. The van der Waals surface area contributed by atoms with E-state index in [1.54, 1.807) is 0 Å². The lowest BCUT2D eigenvalue weighted by molar-refractivity contribution is 0.0536. The maximum atomic E-state index is 5.77. The van der Waals surface area contributed by atoms with Crippen LogP contribution in [-0.4, -0.2) is 49.6 Å². The number of rotatable bonds is 1. The van der Waals surface area contributed by atoms with Crippen LogP contribution in [0.4, 0.5) is 6.01 Å². The molecule has 0 aromatic carbocycles. The van der Waals surface area contributed by atoms with E-state index in [9.17, 15) is 0 Å². The Hall–Kier alpha value is -1.14. The average molecular weight is 252 g/mol. The quantitative estimate of drug-likeness (QED) is 0.789. The summed E-state index contributed by atoms with van der Waals surface area (Å²) in [6.07, 6.45) is 2.41. The van der Waals surface area contributed by atoms with E-state index in [-0.39, 0.29) is 5.41 Å². The number of nitrogens with zero attached hydrogens (tertiary/aromatic N) is 3. The zero-order valence-electron chi connectivity index (χ0n) is 10.8. The standard InChI is InChI=1S/C12H20N4O2/c1-10-14-15-11(18-10)16-5-6-17-9-12(8-16)3-2-4-13-7-12/h13H,2-9H2,1H3. The lowest BCUT2D eigenvalue weighted by Crippen LogP contribution is -2.49. The highest BCUT2D eigenvalue weighted by Crippen LogP contribution is 2.31. The Morgan fingerprint density at radius 1 is 1.39 bits per heavy atom. The Labute approximate surface area is 107 Å². The summed E-state index contributed by atoms with van der Waals surface area (Å²) in [7, 11) is 0. The lowest BCUT2D eigenvalue weighted by Gasteiger charge is -2.38. The summed E-state index contributed by atoms with van der Waals surface area (Å²) >= 11 is 0. The topological polar surface area (TPSA) is 63.4 Å². The molecule has 2 saturated heterocycles. The number of hydrogen-bond donors (Lipinski definition) is 1. The van der Waals surface area contributed by atoms with Crippen molar-refractivity contribution in [2.24, 2.45) is 5.41 Å². The van der Waals surface area contributed by atoms with Crippen LogP contribution in [0.1, 0.15) is 18.7 Å². The van der Waals surface area contributed by atoms with Crippen molar-refractivity contribution < 1.29 is 9.15 Å². The van der Waals surface area contributed by atoms with Gasteiger partial charge in [0.25, 0.3) is 0 Å². The Bertz CT molecular complexity index is 401. The summed E-state index contributed by atoms with van der Waals surface area (Å²) in [6.45, 7) is 7.25. The largest absolute Gasteiger partial charge is 0.408 e. The Morgan fingerprint density at radius 3 is 3.06 bits per heavy atom. The Balaban J connectivity index is 1.78. The van der Waals surface area contributed by atoms with Crippen molar-refractivity contribution in [2.45, 2.75) is 19.8 Å². The van der Waals surface area contributed by atoms with Gasteiger partial charge in [-0.2, -0.15) is 0 Å². The van der Waals surface area contributed by atoms with Gasteiger partial charge in [-0.25, -0.2) is 0 Å². The third-order valence-electron chi connectivity index (χ3n) is 3.79. The van der Waals surface area contributed by atoms with E-state index in [0.717, 1.165) is 39.4 Å². The molecule has 2 aliphatic rings. The molecule has 0 radical (unpaired) electrons. The summed E-state index contributed by atoms with van der Waals surface area (Å²) in [4.78, 5) is 2.17. The fourth-order valence-corrected chi connectivity index (χ4v) is 2.86. The van der Waals surface area contributed by atoms with E-state index in [1.807, 2.05) is 6.92 Å². The molecule has 0 aliphatic carbocycles. The maximum Gasteiger partial charge on any atom is 0.318 e. The van der Waals surface area contributed by atoms with E-state index in [4.69, 9.17) is 9.15 Å². The minimum atomic E-state index is 0.192. The predicted molar refractivity (Wildman–Crippen MR) is 66.6 cm³/mol. The van der Waals surface area contributed by atoms with Gasteiger partial charge in [0.1, 0.15) is 0 Å². The molecule has 2 aliphatic heterocycles. The van der Waals surface area contributed by atoms with Crippen molar-refractivity contribution in [3.05, 3.63) is 5.89 Å². The summed E-state index contributed by atoms with van der Waals surface area (Å²) < 4.78 is 11.3. The van der Waals surface area contributed by atoms with E-state index in [2.05, 4.69) is 20.4 Å². The van der Waals surface area contributed by atoms with Gasteiger partial charge in [-0.3, -0.25) is 0 Å². The van der Waals surface area contributed by atoms with Crippen molar-refractivity contribution in [3.63, 3.8) is 0 Å². The zero-order valence-corrected chi connectivity index (χ0v) is 10.8. The molecule has 0 bridgehead atoms. The molecular weight excluding hydrogens is 232 g/mol. The second kappa shape index (κ2) is 4.85. The second-order valence-electron chi connectivity index (χ2n) is 5.36. The fraction of sp³-hybridized carbons (Fsp3) is 0.833. The molecule has 1 N–H and O–H groups in total. The molecule has 1 spiro atoms. The van der Waals surface area contributed by atoms with Gasteiger partial charge in [-0.1, -0.05) is 5.10 Å². The lowest BCUT2D eigenvalue weighted by atomic mass is 9.81. The van der Waals surface area contributed by atoms with Crippen LogP contribution in [0.25, 0.3) is 0 Å². The Morgan fingerprint density at radius 2 is 2.33 bits per heavy atom. The van der Waals surface area contributed by atoms with Crippen molar-refractivity contribution in [1.29, 1.82) is 0 Å². The first kappa shape index (κ1) is 11.9. The van der Waals surface area contributed by atoms with Gasteiger partial charge < -0.3 is 19.4 Å². The van der Waals surface area contributed by atoms with Crippen molar-refractivity contribution in [2.75, 3.05) is 44.3 Å². The smallest absolute Gasteiger partial charge is 0.318 e. The van der Waals surface area contributed by atoms with Crippen LogP contribution in [0.5, 0.6) is 0 Å². The molecule has 100 valence electrons.